The van der Waals surface area contributed by atoms with E-state index in [4.69, 9.17) is 0 Å². The van der Waals surface area contributed by atoms with Gasteiger partial charge in [-0.15, -0.1) is 0 Å². The predicted octanol–water partition coefficient (Wildman–Crippen LogP) is 5.16. The highest BCUT2D eigenvalue weighted by Gasteiger charge is 2.22. The van der Waals surface area contributed by atoms with E-state index in [2.05, 4.69) is 21.9 Å². The van der Waals surface area contributed by atoms with Crippen molar-refractivity contribution < 1.29 is 13.2 Å². The number of aryl methyl sites for hydroxylation is 1. The molecule has 0 radical (unpaired) electrons. The van der Waals surface area contributed by atoms with E-state index in [1.807, 2.05) is 51.1 Å². The summed E-state index contributed by atoms with van der Waals surface area (Å²) in [4.78, 5) is 17.7. The Balaban J connectivity index is 1.83. The molecule has 3 aromatic carbocycles. The van der Waals surface area contributed by atoms with E-state index in [9.17, 15) is 13.2 Å². The number of nitrogens with one attached hydrogen (secondary N) is 2. The van der Waals surface area contributed by atoms with Gasteiger partial charge in [0.2, 0.25) is 16.0 Å². The van der Waals surface area contributed by atoms with Gasteiger partial charge in [-0.2, -0.15) is 0 Å². The highest BCUT2D eigenvalue weighted by molar-refractivity contribution is 7.89. The zero-order valence-electron chi connectivity index (χ0n) is 20.3. The van der Waals surface area contributed by atoms with Crippen LogP contribution in [-0.2, 0) is 16.4 Å². The molecule has 0 aliphatic heterocycles. The first kappa shape index (κ1) is 24.6. The van der Waals surface area contributed by atoms with Gasteiger partial charge in [-0.1, -0.05) is 51.1 Å². The van der Waals surface area contributed by atoms with E-state index >= 15 is 0 Å². The van der Waals surface area contributed by atoms with Crippen molar-refractivity contribution in [1.82, 2.24) is 14.3 Å². The number of rotatable bonds is 8. The number of imidazole rings is 1. The maximum Gasteiger partial charge on any atom is 0.257 e. The Morgan fingerprint density at radius 3 is 2.29 bits per heavy atom. The third-order valence-electron chi connectivity index (χ3n) is 6.14. The number of hydrogen-bond acceptors (Lipinski definition) is 4. The molecular formula is C27H30N4O3S. The Hall–Kier alpha value is -3.49. The first-order chi connectivity index (χ1) is 16.7. The van der Waals surface area contributed by atoms with E-state index in [-0.39, 0.29) is 22.8 Å². The largest absolute Gasteiger partial charge is 0.292 e. The minimum absolute atomic E-state index is 0.143. The van der Waals surface area contributed by atoms with E-state index in [1.54, 1.807) is 41.0 Å². The van der Waals surface area contributed by atoms with Gasteiger partial charge in [-0.3, -0.25) is 14.7 Å². The van der Waals surface area contributed by atoms with Crippen molar-refractivity contribution in [2.45, 2.75) is 45.1 Å². The Kier molecular flexibility index (Phi) is 7.05. The second-order valence-corrected chi connectivity index (χ2v) is 10.6. The van der Waals surface area contributed by atoms with Gasteiger partial charge < -0.3 is 0 Å². The monoisotopic (exact) mass is 490 g/mol. The summed E-state index contributed by atoms with van der Waals surface area (Å²) in [5.41, 5.74) is 3.60. The fourth-order valence-electron chi connectivity index (χ4n) is 3.66. The van der Waals surface area contributed by atoms with Crippen molar-refractivity contribution in [1.29, 1.82) is 0 Å². The number of aromatic nitrogens is 2. The molecule has 0 aliphatic carbocycles. The molecule has 1 amide bonds. The van der Waals surface area contributed by atoms with Crippen LogP contribution in [0.2, 0.25) is 0 Å². The topological polar surface area (TPSA) is 93.1 Å². The Bertz CT molecular complexity index is 1440. The first-order valence-electron chi connectivity index (χ1n) is 11.7. The lowest BCUT2D eigenvalue weighted by Gasteiger charge is -2.17. The molecular weight excluding hydrogens is 460 g/mol. The molecule has 8 heteroatoms. The third-order valence-corrected chi connectivity index (χ3v) is 7.70. The number of carbonyl (C=O) groups is 1. The van der Waals surface area contributed by atoms with Gasteiger partial charge in [-0.05, 0) is 67.3 Å². The minimum Gasteiger partial charge on any atom is -0.292 e. The van der Waals surface area contributed by atoms with E-state index in [1.165, 1.54) is 11.6 Å². The molecule has 1 aromatic heterocycles. The van der Waals surface area contributed by atoms with Crippen molar-refractivity contribution in [2.24, 2.45) is 5.92 Å². The van der Waals surface area contributed by atoms with Gasteiger partial charge in [0.1, 0.15) is 0 Å². The van der Waals surface area contributed by atoms with Crippen LogP contribution in [0.1, 0.15) is 43.6 Å². The van der Waals surface area contributed by atoms with E-state index < -0.39 is 10.0 Å². The Labute approximate surface area is 206 Å². The van der Waals surface area contributed by atoms with E-state index in [0.717, 1.165) is 12.1 Å². The molecule has 4 rings (SSSR count). The van der Waals surface area contributed by atoms with Gasteiger partial charge in [0.15, 0.2) is 0 Å². The molecule has 0 fully saturated rings. The molecule has 0 bridgehead atoms. The fraction of sp³-hybridized carbons (Fsp3) is 0.259. The van der Waals surface area contributed by atoms with Crippen LogP contribution in [0.15, 0.2) is 77.7 Å². The number of fused-ring (bicyclic) bond motifs is 1. The molecule has 0 saturated carbocycles. The SMILES string of the molecule is CCc1ccc(-n2c(NC(=O)c3ccccc3)nc3ccc(S(=O)(=O)NC(C)C(C)C)cc32)cc1. The number of hydrogen-bond donors (Lipinski definition) is 2. The molecule has 0 saturated heterocycles. The molecule has 0 aliphatic rings. The summed E-state index contributed by atoms with van der Waals surface area (Å²) in [5, 5.41) is 2.90. The van der Waals surface area contributed by atoms with Crippen LogP contribution in [0.3, 0.4) is 0 Å². The summed E-state index contributed by atoms with van der Waals surface area (Å²) >= 11 is 0. The minimum atomic E-state index is -3.74. The van der Waals surface area contributed by atoms with Crippen LogP contribution >= 0.6 is 0 Å². The summed E-state index contributed by atoms with van der Waals surface area (Å²) in [7, 11) is -3.74. The standard InChI is InChI=1S/C27H30N4O3S/c1-5-20-11-13-22(14-12-20)31-25-17-23(35(33,34)30-19(4)18(2)3)15-16-24(25)28-27(31)29-26(32)21-9-7-6-8-10-21/h6-19,30H,5H2,1-4H3,(H,28,29,32). The fourth-order valence-corrected chi connectivity index (χ4v) is 5.07. The summed E-state index contributed by atoms with van der Waals surface area (Å²) in [6.45, 7) is 7.85. The quantitative estimate of drug-likeness (QED) is 0.357. The highest BCUT2D eigenvalue weighted by Crippen LogP contribution is 2.28. The van der Waals surface area contributed by atoms with Crippen LogP contribution in [-0.4, -0.2) is 29.9 Å². The molecule has 0 spiro atoms. The number of nitrogens with zero attached hydrogens (tertiary/aromatic N) is 2. The second kappa shape index (κ2) is 10.0. The number of anilines is 1. The third kappa shape index (κ3) is 5.28. The predicted molar refractivity (Wildman–Crippen MR) is 139 cm³/mol. The number of benzene rings is 3. The molecule has 1 atom stereocenters. The molecule has 35 heavy (non-hydrogen) atoms. The average Bonchev–Trinajstić information content (AvgIpc) is 3.21. The zero-order chi connectivity index (χ0) is 25.2. The van der Waals surface area contributed by atoms with Gasteiger partial charge in [0.05, 0.1) is 15.9 Å². The highest BCUT2D eigenvalue weighted by atomic mass is 32.2. The van der Waals surface area contributed by atoms with Gasteiger partial charge in [-0.25, -0.2) is 18.1 Å². The Morgan fingerprint density at radius 2 is 1.66 bits per heavy atom. The lowest BCUT2D eigenvalue weighted by molar-refractivity contribution is 0.102. The van der Waals surface area contributed by atoms with Gasteiger partial charge in [0, 0.05) is 17.3 Å². The average molecular weight is 491 g/mol. The molecule has 2 N–H and O–H groups in total. The normalized spacial score (nSPS) is 12.7. The smallest absolute Gasteiger partial charge is 0.257 e. The lowest BCUT2D eigenvalue weighted by atomic mass is 10.1. The van der Waals surface area contributed by atoms with Gasteiger partial charge in [0.25, 0.3) is 5.91 Å². The van der Waals surface area contributed by atoms with Crippen molar-refractivity contribution in [3.8, 4) is 5.69 Å². The summed E-state index contributed by atoms with van der Waals surface area (Å²) in [6, 6.07) is 21.4. The zero-order valence-corrected chi connectivity index (χ0v) is 21.1. The van der Waals surface area contributed by atoms with Crippen LogP contribution in [0.5, 0.6) is 0 Å². The summed E-state index contributed by atoms with van der Waals surface area (Å²) < 4.78 is 30.7. The number of amides is 1. The lowest BCUT2D eigenvalue weighted by Crippen LogP contribution is -2.36. The van der Waals surface area contributed by atoms with Crippen LogP contribution in [0, 0.1) is 5.92 Å². The van der Waals surface area contributed by atoms with Crippen molar-refractivity contribution in [2.75, 3.05) is 5.32 Å². The molecule has 1 unspecified atom stereocenters. The molecule has 1 heterocycles. The van der Waals surface area contributed by atoms with E-state index in [0.29, 0.717) is 22.5 Å². The molecule has 182 valence electrons. The van der Waals surface area contributed by atoms with Crippen molar-refractivity contribution in [3.63, 3.8) is 0 Å². The summed E-state index contributed by atoms with van der Waals surface area (Å²) in [6.07, 6.45) is 0.894. The van der Waals surface area contributed by atoms with Crippen LogP contribution < -0.4 is 10.0 Å². The number of sulfonamides is 1. The van der Waals surface area contributed by atoms with Crippen molar-refractivity contribution >= 4 is 32.9 Å². The molecule has 7 nitrogen and oxygen atoms in total. The van der Waals surface area contributed by atoms with Gasteiger partial charge >= 0.3 is 0 Å². The first-order valence-corrected chi connectivity index (χ1v) is 13.2. The van der Waals surface area contributed by atoms with Crippen LogP contribution in [0.25, 0.3) is 16.7 Å². The Morgan fingerprint density at radius 1 is 0.971 bits per heavy atom. The summed E-state index contributed by atoms with van der Waals surface area (Å²) in [5.74, 6) is 0.166. The molecule has 4 aromatic rings. The maximum absolute atomic E-state index is 13.1. The second-order valence-electron chi connectivity index (χ2n) is 8.92. The number of carbonyl (C=O) groups excluding carboxylic acids is 1. The van der Waals surface area contributed by atoms with Crippen molar-refractivity contribution in [3.05, 3.63) is 83.9 Å². The maximum atomic E-state index is 13.1. The van der Waals surface area contributed by atoms with Crippen LogP contribution in [0.4, 0.5) is 5.95 Å².